The highest BCUT2D eigenvalue weighted by Gasteiger charge is 2.44. The lowest BCUT2D eigenvalue weighted by Crippen LogP contribution is -2.42. The molecule has 0 bridgehead atoms. The van der Waals surface area contributed by atoms with Crippen molar-refractivity contribution in [2.24, 2.45) is 4.99 Å². The predicted octanol–water partition coefficient (Wildman–Crippen LogP) is 1.06. The summed E-state index contributed by atoms with van der Waals surface area (Å²) < 4.78 is 29.2. The lowest BCUT2D eigenvalue weighted by molar-refractivity contribution is -0.120. The molecular weight excluding hydrogens is 386 g/mol. The van der Waals surface area contributed by atoms with Crippen LogP contribution in [0.2, 0.25) is 0 Å². The zero-order valence-electron chi connectivity index (χ0n) is 14.9. The van der Waals surface area contributed by atoms with E-state index in [1.807, 2.05) is 35.2 Å². The fourth-order valence-electron chi connectivity index (χ4n) is 3.58. The van der Waals surface area contributed by atoms with E-state index in [0.29, 0.717) is 6.54 Å². The Morgan fingerprint density at radius 3 is 2.81 bits per heavy atom. The number of carbonyl (C=O) groups is 1. The number of amidine groups is 1. The Hall–Kier alpha value is -1.58. The molecule has 0 unspecified atom stereocenters. The van der Waals surface area contributed by atoms with E-state index in [-0.39, 0.29) is 41.4 Å². The van der Waals surface area contributed by atoms with Gasteiger partial charge in [-0.05, 0) is 25.0 Å². The largest absolute Gasteiger partial charge is 0.376 e. The Kier molecular flexibility index (Phi) is 5.43. The van der Waals surface area contributed by atoms with Crippen molar-refractivity contribution in [2.75, 3.05) is 36.1 Å². The van der Waals surface area contributed by atoms with Gasteiger partial charge in [0.2, 0.25) is 5.91 Å². The molecule has 0 spiro atoms. The predicted molar refractivity (Wildman–Crippen MR) is 107 cm³/mol. The third-order valence-corrected chi connectivity index (χ3v) is 8.20. The van der Waals surface area contributed by atoms with E-state index >= 15 is 0 Å². The van der Waals surface area contributed by atoms with Crippen molar-refractivity contribution in [1.82, 2.24) is 5.32 Å². The van der Waals surface area contributed by atoms with Crippen molar-refractivity contribution in [3.63, 3.8) is 0 Å². The first-order chi connectivity index (χ1) is 13.0. The van der Waals surface area contributed by atoms with Gasteiger partial charge in [0, 0.05) is 24.1 Å². The number of nitrogens with one attached hydrogen (secondary N) is 1. The molecule has 3 atom stereocenters. The normalized spacial score (nSPS) is 28.6. The number of aliphatic imine (C=N–C) groups is 1. The van der Waals surface area contributed by atoms with Crippen LogP contribution >= 0.6 is 11.8 Å². The number of thioether (sulfide) groups is 1. The number of benzene rings is 1. The van der Waals surface area contributed by atoms with E-state index < -0.39 is 9.84 Å². The molecular formula is C18H23N3O4S2. The van der Waals surface area contributed by atoms with E-state index in [1.165, 1.54) is 11.8 Å². The summed E-state index contributed by atoms with van der Waals surface area (Å²) in [7, 11) is -3.00. The summed E-state index contributed by atoms with van der Waals surface area (Å²) in [5.41, 5.74) is 0.874. The fraction of sp³-hybridized carbons (Fsp3) is 0.556. The maximum atomic E-state index is 12.5. The fourth-order valence-corrected chi connectivity index (χ4v) is 7.36. The van der Waals surface area contributed by atoms with Gasteiger partial charge in [-0.15, -0.1) is 0 Å². The molecule has 0 radical (unpaired) electrons. The molecule has 3 aliphatic heterocycles. The zero-order chi connectivity index (χ0) is 18.9. The smallest absolute Gasteiger partial charge is 0.240 e. The number of carbonyl (C=O) groups excluding carboxylic acids is 1. The highest BCUT2D eigenvalue weighted by atomic mass is 32.2. The molecule has 1 N–H and O–H groups in total. The van der Waals surface area contributed by atoms with E-state index in [4.69, 9.17) is 4.74 Å². The van der Waals surface area contributed by atoms with E-state index in [9.17, 15) is 13.2 Å². The SMILES string of the molecule is O=C(CN(C1=N[C@@H]2CS(=O)(=O)C[C@H]2S1)c1ccccc1)NC[C@H]1CCCO1. The van der Waals surface area contributed by atoms with Crippen LogP contribution in [0.1, 0.15) is 12.8 Å². The summed E-state index contributed by atoms with van der Waals surface area (Å²) in [5.74, 6) is 0.160. The Morgan fingerprint density at radius 1 is 1.30 bits per heavy atom. The van der Waals surface area contributed by atoms with Crippen LogP contribution in [0.15, 0.2) is 35.3 Å². The van der Waals surface area contributed by atoms with Crippen LogP contribution in [-0.2, 0) is 19.4 Å². The van der Waals surface area contributed by atoms with Gasteiger partial charge in [-0.1, -0.05) is 30.0 Å². The van der Waals surface area contributed by atoms with Gasteiger partial charge in [0.15, 0.2) is 15.0 Å². The summed E-state index contributed by atoms with van der Waals surface area (Å²) in [6.45, 7) is 1.43. The molecule has 2 saturated heterocycles. The Bertz CT molecular complexity index is 822. The highest BCUT2D eigenvalue weighted by molar-refractivity contribution is 8.15. The van der Waals surface area contributed by atoms with Gasteiger partial charge < -0.3 is 15.0 Å². The summed E-state index contributed by atoms with van der Waals surface area (Å²) >= 11 is 1.46. The number of amides is 1. The molecule has 9 heteroatoms. The molecule has 1 amide bonds. The van der Waals surface area contributed by atoms with Gasteiger partial charge in [-0.3, -0.25) is 9.79 Å². The second kappa shape index (κ2) is 7.81. The van der Waals surface area contributed by atoms with Crippen LogP contribution in [0.25, 0.3) is 0 Å². The number of rotatable bonds is 5. The monoisotopic (exact) mass is 409 g/mol. The van der Waals surface area contributed by atoms with E-state index in [0.717, 1.165) is 30.3 Å². The second-order valence-electron chi connectivity index (χ2n) is 7.07. The van der Waals surface area contributed by atoms with Crippen molar-refractivity contribution in [2.45, 2.75) is 30.2 Å². The first kappa shape index (κ1) is 18.8. The Morgan fingerprint density at radius 2 is 2.11 bits per heavy atom. The summed E-state index contributed by atoms with van der Waals surface area (Å²) in [6.07, 6.45) is 2.11. The Labute approximate surface area is 163 Å². The van der Waals surface area contributed by atoms with Crippen molar-refractivity contribution in [3.05, 3.63) is 30.3 Å². The van der Waals surface area contributed by atoms with Crippen LogP contribution in [0.3, 0.4) is 0 Å². The summed E-state index contributed by atoms with van der Waals surface area (Å²) in [4.78, 5) is 19.0. The number of hydrogen-bond donors (Lipinski definition) is 1. The van der Waals surface area contributed by atoms with Gasteiger partial charge in [0.1, 0.15) is 6.54 Å². The molecule has 4 rings (SSSR count). The zero-order valence-corrected chi connectivity index (χ0v) is 16.5. The average Bonchev–Trinajstić information content (AvgIpc) is 3.33. The van der Waals surface area contributed by atoms with E-state index in [2.05, 4.69) is 10.3 Å². The lowest BCUT2D eigenvalue weighted by Gasteiger charge is -2.24. The topological polar surface area (TPSA) is 88.1 Å². The van der Waals surface area contributed by atoms with Crippen LogP contribution < -0.4 is 10.2 Å². The highest BCUT2D eigenvalue weighted by Crippen LogP contribution is 2.36. The molecule has 0 saturated carbocycles. The van der Waals surface area contributed by atoms with Gasteiger partial charge in [-0.25, -0.2) is 8.42 Å². The molecule has 1 aromatic carbocycles. The molecule has 27 heavy (non-hydrogen) atoms. The number of ether oxygens (including phenoxy) is 1. The quantitative estimate of drug-likeness (QED) is 0.782. The minimum atomic E-state index is -3.00. The van der Waals surface area contributed by atoms with E-state index in [1.54, 1.807) is 0 Å². The first-order valence-corrected chi connectivity index (χ1v) is 11.9. The van der Waals surface area contributed by atoms with Gasteiger partial charge >= 0.3 is 0 Å². The number of nitrogens with zero attached hydrogens (tertiary/aromatic N) is 2. The number of sulfone groups is 1. The number of anilines is 1. The standard InChI is InChI=1S/C18H23N3O4S2/c22-17(19-9-14-7-4-8-25-14)10-21(13-5-2-1-3-6-13)18-20-15-11-27(23,24)12-16(15)26-18/h1-3,5-6,14-16H,4,7-12H2,(H,19,22)/t14-,15-,16-/m1/s1. The summed E-state index contributed by atoms with van der Waals surface area (Å²) in [6, 6.07) is 9.40. The number of fused-ring (bicyclic) bond motifs is 1. The molecule has 0 aliphatic carbocycles. The van der Waals surface area contributed by atoms with Crippen LogP contribution in [0.4, 0.5) is 5.69 Å². The average molecular weight is 410 g/mol. The molecule has 2 fully saturated rings. The molecule has 7 nitrogen and oxygen atoms in total. The maximum absolute atomic E-state index is 12.5. The Balaban J connectivity index is 1.46. The van der Waals surface area contributed by atoms with Crippen LogP contribution in [0.5, 0.6) is 0 Å². The van der Waals surface area contributed by atoms with Gasteiger partial charge in [0.25, 0.3) is 0 Å². The second-order valence-corrected chi connectivity index (χ2v) is 10.4. The minimum Gasteiger partial charge on any atom is -0.376 e. The number of para-hydroxylation sites is 1. The van der Waals surface area contributed by atoms with Crippen molar-refractivity contribution >= 4 is 38.4 Å². The van der Waals surface area contributed by atoms with Gasteiger partial charge in [-0.2, -0.15) is 0 Å². The van der Waals surface area contributed by atoms with Crippen molar-refractivity contribution in [1.29, 1.82) is 0 Å². The van der Waals surface area contributed by atoms with Crippen LogP contribution in [0, 0.1) is 0 Å². The first-order valence-electron chi connectivity index (χ1n) is 9.16. The van der Waals surface area contributed by atoms with Crippen LogP contribution in [-0.4, -0.2) is 68.1 Å². The lowest BCUT2D eigenvalue weighted by atomic mass is 10.2. The molecule has 0 aromatic heterocycles. The molecule has 3 heterocycles. The molecule has 146 valence electrons. The summed E-state index contributed by atoms with van der Waals surface area (Å²) in [5, 5.41) is 3.62. The third-order valence-electron chi connectivity index (χ3n) is 4.96. The molecule has 1 aromatic rings. The van der Waals surface area contributed by atoms with Crippen molar-refractivity contribution in [3.8, 4) is 0 Å². The maximum Gasteiger partial charge on any atom is 0.240 e. The number of hydrogen-bond acceptors (Lipinski definition) is 7. The minimum absolute atomic E-state index is 0.0498. The third kappa shape index (κ3) is 4.47. The van der Waals surface area contributed by atoms with Crippen molar-refractivity contribution < 1.29 is 17.9 Å². The molecule has 3 aliphatic rings. The van der Waals surface area contributed by atoms with Gasteiger partial charge in [0.05, 0.1) is 23.7 Å².